The maximum Gasteiger partial charge on any atom is 0.0730 e. The van der Waals surface area contributed by atoms with Crippen molar-refractivity contribution in [3.8, 4) is 0 Å². The van der Waals surface area contributed by atoms with Crippen LogP contribution in [-0.4, -0.2) is 42.8 Å². The molecule has 0 radical (unpaired) electrons. The molecule has 2 aliphatic rings. The summed E-state index contributed by atoms with van der Waals surface area (Å²) in [5.41, 5.74) is 5.97. The predicted molar refractivity (Wildman–Crippen MR) is 61.8 cm³/mol. The van der Waals surface area contributed by atoms with Crippen molar-refractivity contribution in [3.05, 3.63) is 0 Å². The average Bonchev–Trinajstić information content (AvgIpc) is 2.74. The van der Waals surface area contributed by atoms with Gasteiger partial charge < -0.3 is 10.5 Å². The van der Waals surface area contributed by atoms with E-state index in [1.54, 1.807) is 0 Å². The van der Waals surface area contributed by atoms with E-state index in [0.29, 0.717) is 18.2 Å². The van der Waals surface area contributed by atoms with Gasteiger partial charge in [-0.2, -0.15) is 0 Å². The summed E-state index contributed by atoms with van der Waals surface area (Å²) in [6.45, 7) is 5.36. The monoisotopic (exact) mass is 212 g/mol. The van der Waals surface area contributed by atoms with Gasteiger partial charge in [-0.25, -0.2) is 0 Å². The molecular weight excluding hydrogens is 188 g/mol. The van der Waals surface area contributed by atoms with Gasteiger partial charge in [0.25, 0.3) is 0 Å². The molecule has 2 rings (SSSR count). The number of morpholine rings is 1. The molecule has 0 bridgehead atoms. The van der Waals surface area contributed by atoms with Crippen LogP contribution in [0.3, 0.4) is 0 Å². The standard InChI is InChI=1S/C12H24N2O/c1-2-10(13)6-7-14-8-9-15-12-5-3-4-11(12)14/h10-12H,2-9,13H2,1H3. The van der Waals surface area contributed by atoms with Crippen molar-refractivity contribution >= 4 is 0 Å². The fourth-order valence-corrected chi connectivity index (χ4v) is 2.82. The van der Waals surface area contributed by atoms with Crippen molar-refractivity contribution in [2.24, 2.45) is 5.73 Å². The van der Waals surface area contributed by atoms with Crippen molar-refractivity contribution < 1.29 is 4.74 Å². The van der Waals surface area contributed by atoms with E-state index in [9.17, 15) is 0 Å². The van der Waals surface area contributed by atoms with Gasteiger partial charge in [0.1, 0.15) is 0 Å². The van der Waals surface area contributed by atoms with Crippen LogP contribution >= 0.6 is 0 Å². The van der Waals surface area contributed by atoms with Crippen molar-refractivity contribution in [1.29, 1.82) is 0 Å². The van der Waals surface area contributed by atoms with Crippen LogP contribution in [0, 0.1) is 0 Å². The lowest BCUT2D eigenvalue weighted by Gasteiger charge is -2.38. The van der Waals surface area contributed by atoms with Crippen LogP contribution in [-0.2, 0) is 4.74 Å². The summed E-state index contributed by atoms with van der Waals surface area (Å²) in [5.74, 6) is 0. The van der Waals surface area contributed by atoms with Crippen LogP contribution in [0.4, 0.5) is 0 Å². The molecule has 1 saturated heterocycles. The zero-order chi connectivity index (χ0) is 10.7. The third kappa shape index (κ3) is 2.71. The largest absolute Gasteiger partial charge is 0.375 e. The molecule has 3 heteroatoms. The number of fused-ring (bicyclic) bond motifs is 1. The average molecular weight is 212 g/mol. The maximum atomic E-state index is 5.97. The van der Waals surface area contributed by atoms with Crippen molar-refractivity contribution in [2.75, 3.05) is 19.7 Å². The highest BCUT2D eigenvalue weighted by molar-refractivity contribution is 4.89. The zero-order valence-electron chi connectivity index (χ0n) is 9.82. The molecule has 3 atom stereocenters. The van der Waals surface area contributed by atoms with E-state index in [0.717, 1.165) is 26.0 Å². The molecular formula is C12H24N2O. The molecule has 88 valence electrons. The van der Waals surface area contributed by atoms with E-state index in [2.05, 4.69) is 11.8 Å². The Labute approximate surface area is 93.0 Å². The Hall–Kier alpha value is -0.120. The summed E-state index contributed by atoms with van der Waals surface area (Å²) >= 11 is 0. The highest BCUT2D eigenvalue weighted by Gasteiger charge is 2.35. The molecule has 0 amide bonds. The highest BCUT2D eigenvalue weighted by atomic mass is 16.5. The maximum absolute atomic E-state index is 5.97. The molecule has 0 aromatic carbocycles. The first-order chi connectivity index (χ1) is 7.31. The second-order valence-corrected chi connectivity index (χ2v) is 4.90. The molecule has 1 saturated carbocycles. The molecule has 3 unspecified atom stereocenters. The quantitative estimate of drug-likeness (QED) is 0.765. The Bertz CT molecular complexity index is 198. The first-order valence-electron chi connectivity index (χ1n) is 6.42. The molecule has 0 spiro atoms. The number of nitrogens with zero attached hydrogens (tertiary/aromatic N) is 1. The molecule has 1 heterocycles. The first kappa shape index (κ1) is 11.4. The highest BCUT2D eigenvalue weighted by Crippen LogP contribution is 2.29. The Morgan fingerprint density at radius 1 is 1.47 bits per heavy atom. The van der Waals surface area contributed by atoms with Gasteiger partial charge in [-0.3, -0.25) is 4.90 Å². The van der Waals surface area contributed by atoms with Gasteiger partial charge in [0, 0.05) is 25.2 Å². The topological polar surface area (TPSA) is 38.5 Å². The number of nitrogens with two attached hydrogens (primary N) is 1. The van der Waals surface area contributed by atoms with Gasteiger partial charge in [0.05, 0.1) is 12.7 Å². The van der Waals surface area contributed by atoms with E-state index < -0.39 is 0 Å². The Morgan fingerprint density at radius 2 is 2.33 bits per heavy atom. The number of hydrogen-bond donors (Lipinski definition) is 1. The molecule has 0 aromatic rings. The Kier molecular flexibility index (Phi) is 4.00. The minimum Gasteiger partial charge on any atom is -0.375 e. The molecule has 3 nitrogen and oxygen atoms in total. The van der Waals surface area contributed by atoms with Crippen LogP contribution in [0.25, 0.3) is 0 Å². The van der Waals surface area contributed by atoms with Crippen LogP contribution in [0.15, 0.2) is 0 Å². The lowest BCUT2D eigenvalue weighted by molar-refractivity contribution is -0.0561. The zero-order valence-corrected chi connectivity index (χ0v) is 9.82. The SMILES string of the molecule is CCC(N)CCN1CCOC2CCCC21. The smallest absolute Gasteiger partial charge is 0.0730 e. The normalized spacial score (nSPS) is 34.0. The van der Waals surface area contributed by atoms with Crippen molar-refractivity contribution in [1.82, 2.24) is 4.90 Å². The van der Waals surface area contributed by atoms with Gasteiger partial charge >= 0.3 is 0 Å². The molecule has 15 heavy (non-hydrogen) atoms. The molecule has 2 N–H and O–H groups in total. The second kappa shape index (κ2) is 5.28. The van der Waals surface area contributed by atoms with E-state index in [1.165, 1.54) is 25.8 Å². The molecule has 1 aliphatic heterocycles. The molecule has 0 aromatic heterocycles. The third-order valence-electron chi connectivity index (χ3n) is 3.91. The number of hydrogen-bond acceptors (Lipinski definition) is 3. The Morgan fingerprint density at radius 3 is 3.13 bits per heavy atom. The minimum atomic E-state index is 0.382. The lowest BCUT2D eigenvalue weighted by atomic mass is 10.1. The summed E-state index contributed by atoms with van der Waals surface area (Å²) in [7, 11) is 0. The second-order valence-electron chi connectivity index (χ2n) is 4.90. The van der Waals surface area contributed by atoms with Gasteiger partial charge in [0.2, 0.25) is 0 Å². The fraction of sp³-hybridized carbons (Fsp3) is 1.00. The summed E-state index contributed by atoms with van der Waals surface area (Å²) in [4.78, 5) is 2.61. The first-order valence-corrected chi connectivity index (χ1v) is 6.42. The van der Waals surface area contributed by atoms with Crippen LogP contribution in [0.1, 0.15) is 39.0 Å². The third-order valence-corrected chi connectivity index (χ3v) is 3.91. The number of rotatable bonds is 4. The van der Waals surface area contributed by atoms with Crippen LogP contribution < -0.4 is 5.73 Å². The van der Waals surface area contributed by atoms with Crippen molar-refractivity contribution in [2.45, 2.75) is 57.2 Å². The van der Waals surface area contributed by atoms with E-state index >= 15 is 0 Å². The van der Waals surface area contributed by atoms with E-state index in [1.807, 2.05) is 0 Å². The van der Waals surface area contributed by atoms with Crippen LogP contribution in [0.2, 0.25) is 0 Å². The van der Waals surface area contributed by atoms with E-state index in [-0.39, 0.29) is 0 Å². The molecule has 1 aliphatic carbocycles. The summed E-state index contributed by atoms with van der Waals surface area (Å²) < 4.78 is 5.79. The van der Waals surface area contributed by atoms with Crippen LogP contribution in [0.5, 0.6) is 0 Å². The number of ether oxygens (including phenoxy) is 1. The summed E-state index contributed by atoms with van der Waals surface area (Å²) in [5, 5.41) is 0. The summed E-state index contributed by atoms with van der Waals surface area (Å²) in [6, 6.07) is 1.08. The fourth-order valence-electron chi connectivity index (χ4n) is 2.82. The van der Waals surface area contributed by atoms with Crippen molar-refractivity contribution in [3.63, 3.8) is 0 Å². The van der Waals surface area contributed by atoms with E-state index in [4.69, 9.17) is 10.5 Å². The molecule has 2 fully saturated rings. The van der Waals surface area contributed by atoms with Gasteiger partial charge in [-0.05, 0) is 32.1 Å². The summed E-state index contributed by atoms with van der Waals surface area (Å²) in [6.07, 6.45) is 6.69. The van der Waals surface area contributed by atoms with Gasteiger partial charge in [-0.15, -0.1) is 0 Å². The van der Waals surface area contributed by atoms with Gasteiger partial charge in [-0.1, -0.05) is 6.92 Å². The Balaban J connectivity index is 1.80. The lowest BCUT2D eigenvalue weighted by Crippen LogP contribution is -2.49. The minimum absolute atomic E-state index is 0.382. The predicted octanol–water partition coefficient (Wildman–Crippen LogP) is 1.37. The van der Waals surface area contributed by atoms with Gasteiger partial charge in [0.15, 0.2) is 0 Å².